The summed E-state index contributed by atoms with van der Waals surface area (Å²) in [6.07, 6.45) is -0.356. The van der Waals surface area contributed by atoms with Gasteiger partial charge in [-0.3, -0.25) is 0 Å². The molecule has 50 valence electrons. The maximum atomic E-state index is 5.29. The molecule has 0 spiro atoms. The fourth-order valence-electron chi connectivity index (χ4n) is 0.467. The highest BCUT2D eigenvalue weighted by atomic mass is 15.0. The van der Waals surface area contributed by atoms with Gasteiger partial charge in [0.1, 0.15) is 0 Å². The summed E-state index contributed by atoms with van der Waals surface area (Å²) >= 11 is 0. The molecule has 7 N–H and O–H groups in total. The first-order chi connectivity index (χ1) is 3.72. The molecular weight excluding hydrogens is 104 g/mol. The molecule has 0 aliphatic heterocycles. The zero-order valence-corrected chi connectivity index (χ0v) is 5.09. The number of nitrogens with one attached hydrogen (secondary N) is 1. The number of rotatable bonds is 3. The van der Waals surface area contributed by atoms with Crippen LogP contribution in [-0.4, -0.2) is 25.8 Å². The number of nitrogens with two attached hydrogens (primary N) is 3. The highest BCUT2D eigenvalue weighted by Crippen LogP contribution is 1.75. The minimum atomic E-state index is -0.356. The van der Waals surface area contributed by atoms with Crippen molar-refractivity contribution in [2.45, 2.75) is 12.2 Å². The van der Waals surface area contributed by atoms with Gasteiger partial charge in [-0.15, -0.1) is 0 Å². The minimum Gasteiger partial charge on any atom is -0.329 e. The predicted molar refractivity (Wildman–Crippen MR) is 34.1 cm³/mol. The number of hydrogen-bond donors (Lipinski definition) is 4. The zero-order valence-electron chi connectivity index (χ0n) is 5.09. The summed E-state index contributed by atoms with van der Waals surface area (Å²) in [4.78, 5) is 0. The average molecular weight is 118 g/mol. The van der Waals surface area contributed by atoms with Crippen molar-refractivity contribution in [3.05, 3.63) is 0 Å². The topological polar surface area (TPSA) is 90.1 Å². The Bertz CT molecular complexity index is 50.0. The van der Waals surface area contributed by atoms with E-state index in [0.717, 1.165) is 0 Å². The third kappa shape index (κ3) is 2.23. The van der Waals surface area contributed by atoms with E-state index in [-0.39, 0.29) is 12.2 Å². The number of hydrogen-bond acceptors (Lipinski definition) is 4. The first-order valence-corrected chi connectivity index (χ1v) is 2.61. The van der Waals surface area contributed by atoms with E-state index in [0.29, 0.717) is 6.54 Å². The third-order valence-electron chi connectivity index (χ3n) is 1.09. The van der Waals surface area contributed by atoms with Crippen LogP contribution in [0, 0.1) is 0 Å². The van der Waals surface area contributed by atoms with Crippen LogP contribution in [0.4, 0.5) is 0 Å². The van der Waals surface area contributed by atoms with Crippen LogP contribution in [0.1, 0.15) is 0 Å². The van der Waals surface area contributed by atoms with Gasteiger partial charge in [0.2, 0.25) is 0 Å². The molecule has 1 unspecified atom stereocenters. The average Bonchev–Trinajstić information content (AvgIpc) is 1.69. The van der Waals surface area contributed by atoms with Crippen LogP contribution in [0.2, 0.25) is 0 Å². The van der Waals surface area contributed by atoms with E-state index in [1.807, 2.05) is 0 Å². The van der Waals surface area contributed by atoms with Crippen LogP contribution in [0.5, 0.6) is 0 Å². The lowest BCUT2D eigenvalue weighted by molar-refractivity contribution is 0.476. The largest absolute Gasteiger partial charge is 0.329 e. The molecule has 4 nitrogen and oxygen atoms in total. The molecule has 0 aliphatic rings. The van der Waals surface area contributed by atoms with E-state index in [4.69, 9.17) is 17.2 Å². The standard InChI is InChI=1S/C4H14N4/c1-8-3(2-5)4(6)7/h3-4,8H,2,5-7H2,1H3. The summed E-state index contributed by atoms with van der Waals surface area (Å²) in [6.45, 7) is 0.480. The smallest absolute Gasteiger partial charge is 0.0691 e. The van der Waals surface area contributed by atoms with Crippen molar-refractivity contribution < 1.29 is 0 Å². The molecule has 1 atom stereocenters. The van der Waals surface area contributed by atoms with Gasteiger partial charge < -0.3 is 22.5 Å². The monoisotopic (exact) mass is 118 g/mol. The Morgan fingerprint density at radius 3 is 2.00 bits per heavy atom. The zero-order chi connectivity index (χ0) is 6.57. The highest BCUT2D eigenvalue weighted by Gasteiger charge is 2.06. The van der Waals surface area contributed by atoms with Gasteiger partial charge in [-0.1, -0.05) is 0 Å². The molecular formula is C4H14N4. The summed E-state index contributed by atoms with van der Waals surface area (Å²) in [7, 11) is 1.78. The van der Waals surface area contributed by atoms with Crippen molar-refractivity contribution in [1.82, 2.24) is 5.32 Å². The second-order valence-corrected chi connectivity index (χ2v) is 1.71. The quantitative estimate of drug-likeness (QED) is 0.316. The van der Waals surface area contributed by atoms with Gasteiger partial charge in [0.05, 0.1) is 6.17 Å². The van der Waals surface area contributed by atoms with Crippen LogP contribution in [0.3, 0.4) is 0 Å². The molecule has 8 heavy (non-hydrogen) atoms. The third-order valence-corrected chi connectivity index (χ3v) is 1.09. The van der Waals surface area contributed by atoms with Gasteiger partial charge in [-0.05, 0) is 7.05 Å². The van der Waals surface area contributed by atoms with Crippen molar-refractivity contribution in [2.75, 3.05) is 13.6 Å². The van der Waals surface area contributed by atoms with E-state index < -0.39 is 0 Å². The van der Waals surface area contributed by atoms with Crippen molar-refractivity contribution in [3.63, 3.8) is 0 Å². The maximum absolute atomic E-state index is 5.29. The van der Waals surface area contributed by atoms with E-state index in [2.05, 4.69) is 5.32 Å². The Labute approximate surface area is 49.4 Å². The highest BCUT2D eigenvalue weighted by molar-refractivity contribution is 4.72. The summed E-state index contributed by atoms with van der Waals surface area (Å²) in [5.74, 6) is 0. The van der Waals surface area contributed by atoms with Gasteiger partial charge >= 0.3 is 0 Å². The van der Waals surface area contributed by atoms with Crippen LogP contribution < -0.4 is 22.5 Å². The lowest BCUT2D eigenvalue weighted by Crippen LogP contribution is -2.53. The Balaban J connectivity index is 3.35. The molecule has 4 heteroatoms. The second-order valence-electron chi connectivity index (χ2n) is 1.71. The second kappa shape index (κ2) is 3.80. The Morgan fingerprint density at radius 2 is 2.00 bits per heavy atom. The van der Waals surface area contributed by atoms with Crippen molar-refractivity contribution in [2.24, 2.45) is 17.2 Å². The first-order valence-electron chi connectivity index (χ1n) is 2.61. The minimum absolute atomic E-state index is 0.0370. The lowest BCUT2D eigenvalue weighted by Gasteiger charge is -2.16. The summed E-state index contributed by atoms with van der Waals surface area (Å²) < 4.78 is 0. The SMILES string of the molecule is CNC(CN)C(N)N. The molecule has 0 aromatic heterocycles. The van der Waals surface area contributed by atoms with Crippen molar-refractivity contribution in [3.8, 4) is 0 Å². The van der Waals surface area contributed by atoms with Crippen LogP contribution in [0.25, 0.3) is 0 Å². The molecule has 0 rings (SSSR count). The van der Waals surface area contributed by atoms with Gasteiger partial charge in [-0.2, -0.15) is 0 Å². The van der Waals surface area contributed by atoms with E-state index in [1.165, 1.54) is 0 Å². The van der Waals surface area contributed by atoms with Gasteiger partial charge in [-0.25, -0.2) is 0 Å². The van der Waals surface area contributed by atoms with Crippen LogP contribution in [0.15, 0.2) is 0 Å². The van der Waals surface area contributed by atoms with E-state index >= 15 is 0 Å². The van der Waals surface area contributed by atoms with E-state index in [1.54, 1.807) is 7.05 Å². The van der Waals surface area contributed by atoms with Crippen molar-refractivity contribution >= 4 is 0 Å². The summed E-state index contributed by atoms with van der Waals surface area (Å²) in [5, 5.41) is 2.88. The Kier molecular flexibility index (Phi) is 3.72. The Morgan fingerprint density at radius 1 is 1.50 bits per heavy atom. The normalized spacial score (nSPS) is 14.6. The molecule has 0 saturated carbocycles. The van der Waals surface area contributed by atoms with Gasteiger partial charge in [0, 0.05) is 12.6 Å². The van der Waals surface area contributed by atoms with Gasteiger partial charge in [0.25, 0.3) is 0 Å². The molecule has 0 aliphatic carbocycles. The van der Waals surface area contributed by atoms with Crippen LogP contribution >= 0.6 is 0 Å². The van der Waals surface area contributed by atoms with Gasteiger partial charge in [0.15, 0.2) is 0 Å². The molecule has 0 fully saturated rings. The Hall–Kier alpha value is -0.160. The first kappa shape index (κ1) is 7.84. The molecule has 0 aromatic carbocycles. The molecule has 0 bridgehead atoms. The molecule has 0 amide bonds. The molecule has 0 saturated heterocycles. The fourth-order valence-corrected chi connectivity index (χ4v) is 0.467. The molecule has 0 radical (unpaired) electrons. The lowest BCUT2D eigenvalue weighted by atomic mass is 10.2. The maximum Gasteiger partial charge on any atom is 0.0691 e. The van der Waals surface area contributed by atoms with Crippen molar-refractivity contribution in [1.29, 1.82) is 0 Å². The molecule has 0 aromatic rings. The summed E-state index contributed by atoms with van der Waals surface area (Å²) in [6, 6.07) is 0.0370. The summed E-state index contributed by atoms with van der Waals surface area (Å²) in [5.41, 5.74) is 15.8. The fraction of sp³-hybridized carbons (Fsp3) is 1.00. The van der Waals surface area contributed by atoms with Crippen LogP contribution in [-0.2, 0) is 0 Å². The molecule has 0 heterocycles. The number of likely N-dealkylation sites (N-methyl/N-ethyl adjacent to an activating group) is 1. The van der Waals surface area contributed by atoms with E-state index in [9.17, 15) is 0 Å². The predicted octanol–water partition coefficient (Wildman–Crippen LogP) is -2.22.